The Labute approximate surface area is 133 Å². The molecule has 0 aliphatic heterocycles. The molecule has 0 heterocycles. The van der Waals surface area contributed by atoms with Crippen LogP contribution in [0.2, 0.25) is 0 Å². The van der Waals surface area contributed by atoms with Crippen LogP contribution in [0.15, 0.2) is 36.4 Å². The number of benzene rings is 2. The zero-order valence-electron chi connectivity index (χ0n) is 13.0. The number of carbonyl (C=O) groups is 1. The SMILES string of the molecule is CCOC(=O)C(F)(F)[C@@H](N)c1c(OCC)ccc2ccccc12. The minimum Gasteiger partial charge on any atom is -0.494 e. The van der Waals surface area contributed by atoms with Crippen molar-refractivity contribution in [2.45, 2.75) is 25.8 Å². The third-order valence-corrected chi connectivity index (χ3v) is 3.48. The molecule has 0 aliphatic rings. The van der Waals surface area contributed by atoms with Crippen molar-refractivity contribution in [1.82, 2.24) is 0 Å². The molecule has 4 nitrogen and oxygen atoms in total. The molecular weight excluding hydrogens is 304 g/mol. The summed E-state index contributed by atoms with van der Waals surface area (Å²) in [5.74, 6) is -5.25. The number of fused-ring (bicyclic) bond motifs is 1. The van der Waals surface area contributed by atoms with Gasteiger partial charge in [-0.25, -0.2) is 4.79 Å². The molecule has 0 amide bonds. The van der Waals surface area contributed by atoms with E-state index in [4.69, 9.17) is 10.5 Å². The van der Waals surface area contributed by atoms with Crippen LogP contribution in [0, 0.1) is 0 Å². The minimum absolute atomic E-state index is 0.100. The van der Waals surface area contributed by atoms with Crippen LogP contribution in [-0.4, -0.2) is 25.1 Å². The van der Waals surface area contributed by atoms with Crippen LogP contribution < -0.4 is 10.5 Å². The monoisotopic (exact) mass is 323 g/mol. The molecule has 0 radical (unpaired) electrons. The van der Waals surface area contributed by atoms with Crippen LogP contribution >= 0.6 is 0 Å². The lowest BCUT2D eigenvalue weighted by atomic mass is 9.94. The molecule has 2 aromatic rings. The van der Waals surface area contributed by atoms with Gasteiger partial charge in [0.1, 0.15) is 11.8 Å². The first-order valence-electron chi connectivity index (χ1n) is 7.38. The van der Waals surface area contributed by atoms with Crippen LogP contribution in [0.25, 0.3) is 10.8 Å². The van der Waals surface area contributed by atoms with E-state index in [-0.39, 0.29) is 17.9 Å². The van der Waals surface area contributed by atoms with Gasteiger partial charge in [0.05, 0.1) is 13.2 Å². The van der Waals surface area contributed by atoms with Crippen LogP contribution in [-0.2, 0) is 9.53 Å². The number of rotatable bonds is 6. The number of carbonyl (C=O) groups excluding carboxylic acids is 1. The molecule has 6 heteroatoms. The largest absolute Gasteiger partial charge is 0.494 e. The normalized spacial score (nSPS) is 12.9. The number of hydrogen-bond acceptors (Lipinski definition) is 4. The van der Waals surface area contributed by atoms with Gasteiger partial charge in [0, 0.05) is 5.56 Å². The Hall–Kier alpha value is -2.21. The van der Waals surface area contributed by atoms with E-state index in [2.05, 4.69) is 4.74 Å². The molecule has 0 saturated carbocycles. The second-order valence-electron chi connectivity index (χ2n) is 4.95. The summed E-state index contributed by atoms with van der Waals surface area (Å²) in [7, 11) is 0. The summed E-state index contributed by atoms with van der Waals surface area (Å²) in [5, 5.41) is 1.26. The molecule has 2 N–H and O–H groups in total. The maximum Gasteiger partial charge on any atom is 0.379 e. The van der Waals surface area contributed by atoms with Gasteiger partial charge < -0.3 is 15.2 Å². The van der Waals surface area contributed by atoms with Gasteiger partial charge in [-0.1, -0.05) is 30.3 Å². The second kappa shape index (κ2) is 6.91. The van der Waals surface area contributed by atoms with E-state index < -0.39 is 17.9 Å². The highest BCUT2D eigenvalue weighted by Gasteiger charge is 2.49. The van der Waals surface area contributed by atoms with Gasteiger partial charge >= 0.3 is 11.9 Å². The highest BCUT2D eigenvalue weighted by molar-refractivity contribution is 5.90. The van der Waals surface area contributed by atoms with Crippen molar-refractivity contribution >= 4 is 16.7 Å². The molecular formula is C17H19F2NO3. The zero-order valence-corrected chi connectivity index (χ0v) is 13.0. The first-order valence-corrected chi connectivity index (χ1v) is 7.38. The van der Waals surface area contributed by atoms with Crippen molar-refractivity contribution in [3.8, 4) is 5.75 Å². The van der Waals surface area contributed by atoms with Gasteiger partial charge in [-0.3, -0.25) is 0 Å². The standard InChI is InChI=1S/C17H19F2NO3/c1-3-22-13-10-9-11-7-5-6-8-12(11)14(13)15(20)17(18,19)16(21)23-4-2/h5-10,15H,3-4,20H2,1-2H3/t15-/m0/s1. The van der Waals surface area contributed by atoms with Crippen molar-refractivity contribution in [1.29, 1.82) is 0 Å². The van der Waals surface area contributed by atoms with Gasteiger partial charge in [0.25, 0.3) is 0 Å². The predicted molar refractivity (Wildman–Crippen MR) is 83.6 cm³/mol. The molecule has 0 spiro atoms. The highest BCUT2D eigenvalue weighted by atomic mass is 19.3. The predicted octanol–water partition coefficient (Wildman–Crippen LogP) is 3.44. The quantitative estimate of drug-likeness (QED) is 0.827. The summed E-state index contributed by atoms with van der Waals surface area (Å²) < 4.78 is 38.6. The molecule has 0 bridgehead atoms. The van der Waals surface area contributed by atoms with E-state index >= 15 is 0 Å². The molecule has 1 atom stereocenters. The number of alkyl halides is 2. The van der Waals surface area contributed by atoms with E-state index in [1.807, 2.05) is 0 Å². The lowest BCUT2D eigenvalue weighted by Gasteiger charge is -2.25. The topological polar surface area (TPSA) is 61.5 Å². The smallest absolute Gasteiger partial charge is 0.379 e. The molecule has 23 heavy (non-hydrogen) atoms. The number of halogens is 2. The molecule has 0 aromatic heterocycles. The number of hydrogen-bond donors (Lipinski definition) is 1. The zero-order chi connectivity index (χ0) is 17.0. The van der Waals surface area contributed by atoms with Crippen molar-refractivity contribution in [2.75, 3.05) is 13.2 Å². The molecule has 2 rings (SSSR count). The third kappa shape index (κ3) is 3.27. The Kier molecular flexibility index (Phi) is 5.15. The van der Waals surface area contributed by atoms with Crippen LogP contribution in [0.3, 0.4) is 0 Å². The van der Waals surface area contributed by atoms with Gasteiger partial charge in [-0.2, -0.15) is 8.78 Å². The maximum atomic E-state index is 14.4. The van der Waals surface area contributed by atoms with Crippen LogP contribution in [0.4, 0.5) is 8.78 Å². The van der Waals surface area contributed by atoms with E-state index in [0.717, 1.165) is 5.39 Å². The van der Waals surface area contributed by atoms with Gasteiger partial charge in [-0.05, 0) is 30.7 Å². The van der Waals surface area contributed by atoms with Gasteiger partial charge in [0.2, 0.25) is 0 Å². The van der Waals surface area contributed by atoms with Gasteiger partial charge in [-0.15, -0.1) is 0 Å². The lowest BCUT2D eigenvalue weighted by Crippen LogP contribution is -2.42. The second-order valence-corrected chi connectivity index (χ2v) is 4.95. The highest BCUT2D eigenvalue weighted by Crippen LogP contribution is 2.39. The summed E-state index contributed by atoms with van der Waals surface area (Å²) >= 11 is 0. The Morgan fingerprint density at radius 1 is 1.17 bits per heavy atom. The van der Waals surface area contributed by atoms with Crippen molar-refractivity contribution in [3.05, 3.63) is 42.0 Å². The summed E-state index contributed by atoms with van der Waals surface area (Å²) in [6.45, 7) is 3.36. The Balaban J connectivity index is 2.59. The molecule has 0 fully saturated rings. The first-order chi connectivity index (χ1) is 10.9. The first kappa shape index (κ1) is 17.1. The van der Waals surface area contributed by atoms with Gasteiger partial charge in [0.15, 0.2) is 0 Å². The number of esters is 1. The Morgan fingerprint density at radius 3 is 2.52 bits per heavy atom. The van der Waals surface area contributed by atoms with Crippen molar-refractivity contribution in [2.24, 2.45) is 5.73 Å². The summed E-state index contributed by atoms with van der Waals surface area (Å²) in [6.07, 6.45) is 0. The van der Waals surface area contributed by atoms with Crippen LogP contribution in [0.5, 0.6) is 5.75 Å². The molecule has 0 aliphatic carbocycles. The molecule has 0 unspecified atom stereocenters. The number of ether oxygens (including phenoxy) is 2. The summed E-state index contributed by atoms with van der Waals surface area (Å²) in [5.41, 5.74) is 5.87. The molecule has 124 valence electrons. The summed E-state index contributed by atoms with van der Waals surface area (Å²) in [6, 6.07) is 8.45. The third-order valence-electron chi connectivity index (χ3n) is 3.48. The minimum atomic E-state index is -3.86. The van der Waals surface area contributed by atoms with E-state index in [1.54, 1.807) is 43.3 Å². The molecule has 0 saturated heterocycles. The van der Waals surface area contributed by atoms with Crippen molar-refractivity contribution in [3.63, 3.8) is 0 Å². The Morgan fingerprint density at radius 2 is 1.87 bits per heavy atom. The molecule has 2 aromatic carbocycles. The van der Waals surface area contributed by atoms with E-state index in [1.165, 1.54) is 6.92 Å². The fourth-order valence-electron chi connectivity index (χ4n) is 2.41. The summed E-state index contributed by atoms with van der Waals surface area (Å²) in [4.78, 5) is 11.6. The lowest BCUT2D eigenvalue weighted by molar-refractivity contribution is -0.174. The average Bonchev–Trinajstić information content (AvgIpc) is 2.54. The van der Waals surface area contributed by atoms with E-state index in [0.29, 0.717) is 12.0 Å². The maximum absolute atomic E-state index is 14.4. The fourth-order valence-corrected chi connectivity index (χ4v) is 2.41. The van der Waals surface area contributed by atoms with Crippen LogP contribution in [0.1, 0.15) is 25.5 Å². The average molecular weight is 323 g/mol. The number of nitrogens with two attached hydrogens (primary N) is 1. The fraction of sp³-hybridized carbons (Fsp3) is 0.353. The Bertz CT molecular complexity index is 703. The van der Waals surface area contributed by atoms with Crippen molar-refractivity contribution < 1.29 is 23.0 Å². The van der Waals surface area contributed by atoms with E-state index in [9.17, 15) is 13.6 Å².